The van der Waals surface area contributed by atoms with Crippen molar-refractivity contribution in [1.29, 1.82) is 0 Å². The zero-order chi connectivity index (χ0) is 17.6. The molecule has 1 N–H and O–H groups in total. The summed E-state index contributed by atoms with van der Waals surface area (Å²) < 4.78 is 16.4. The molecule has 24 heavy (non-hydrogen) atoms. The van der Waals surface area contributed by atoms with Gasteiger partial charge >= 0.3 is 0 Å². The summed E-state index contributed by atoms with van der Waals surface area (Å²) in [5, 5.41) is 2.81. The monoisotopic (exact) mass is 345 g/mol. The van der Waals surface area contributed by atoms with E-state index in [1.54, 1.807) is 0 Å². The van der Waals surface area contributed by atoms with Crippen molar-refractivity contribution in [3.63, 3.8) is 0 Å². The topological polar surface area (TPSA) is 63.3 Å². The molecule has 0 saturated carbocycles. The number of piperazine rings is 1. The van der Waals surface area contributed by atoms with Crippen LogP contribution in [-0.4, -0.2) is 102 Å². The molecule has 7 heteroatoms. The average Bonchev–Trinajstić information content (AvgIpc) is 2.57. The molecule has 1 rings (SSSR count). The first-order valence-corrected chi connectivity index (χ1v) is 9.01. The van der Waals surface area contributed by atoms with Crippen molar-refractivity contribution in [3.8, 4) is 0 Å². The summed E-state index contributed by atoms with van der Waals surface area (Å²) in [6.07, 6.45) is 0. The maximum Gasteiger partial charge on any atom is 0.222 e. The zero-order valence-corrected chi connectivity index (χ0v) is 15.6. The van der Waals surface area contributed by atoms with Crippen molar-refractivity contribution < 1.29 is 19.0 Å². The molecule has 1 saturated heterocycles. The fourth-order valence-corrected chi connectivity index (χ4v) is 2.26. The smallest absolute Gasteiger partial charge is 0.222 e. The van der Waals surface area contributed by atoms with E-state index in [-0.39, 0.29) is 11.8 Å². The van der Waals surface area contributed by atoms with Crippen LogP contribution < -0.4 is 5.32 Å². The lowest BCUT2D eigenvalue weighted by Gasteiger charge is -2.32. The van der Waals surface area contributed by atoms with Gasteiger partial charge in [0.05, 0.1) is 39.6 Å². The van der Waals surface area contributed by atoms with E-state index in [9.17, 15) is 4.79 Å². The predicted octanol–water partition coefficient (Wildman–Crippen LogP) is 0.0558. The van der Waals surface area contributed by atoms with Gasteiger partial charge in [-0.15, -0.1) is 0 Å². The maximum absolute atomic E-state index is 11.3. The minimum absolute atomic E-state index is 0.0181. The third-order valence-corrected chi connectivity index (χ3v) is 3.96. The van der Waals surface area contributed by atoms with Crippen LogP contribution in [0.1, 0.15) is 13.8 Å². The lowest BCUT2D eigenvalue weighted by atomic mass is 10.2. The first kappa shape index (κ1) is 21.3. The fourth-order valence-electron chi connectivity index (χ4n) is 2.26. The number of nitrogens with one attached hydrogen (secondary N) is 1. The van der Waals surface area contributed by atoms with E-state index in [2.05, 4.69) is 22.2 Å². The minimum Gasteiger partial charge on any atom is -0.378 e. The largest absolute Gasteiger partial charge is 0.378 e. The van der Waals surface area contributed by atoms with Crippen LogP contribution in [0.5, 0.6) is 0 Å². The second kappa shape index (κ2) is 13.5. The predicted molar refractivity (Wildman–Crippen MR) is 94.2 cm³/mol. The van der Waals surface area contributed by atoms with E-state index in [4.69, 9.17) is 14.2 Å². The summed E-state index contributed by atoms with van der Waals surface area (Å²) >= 11 is 0. The number of nitrogens with zero attached hydrogens (tertiary/aromatic N) is 2. The molecule has 1 fully saturated rings. The summed E-state index contributed by atoms with van der Waals surface area (Å²) in [6.45, 7) is 13.4. The molecule has 0 aromatic carbocycles. The molecular formula is C17H35N3O4. The standard InChI is InChI=1S/C17H35N3O4/c1-16(2)17(21)18-4-10-22-12-14-24-15-13-23-11-9-20-7-5-19(3)6-8-20/h16H,4-15H2,1-3H3,(H,18,21). The number of hydrogen-bond acceptors (Lipinski definition) is 6. The van der Waals surface area contributed by atoms with E-state index in [0.29, 0.717) is 39.6 Å². The van der Waals surface area contributed by atoms with Gasteiger partial charge < -0.3 is 24.4 Å². The Labute approximate surface area is 146 Å². The molecule has 0 aromatic rings. The first-order valence-electron chi connectivity index (χ1n) is 9.01. The highest BCUT2D eigenvalue weighted by Crippen LogP contribution is 1.98. The van der Waals surface area contributed by atoms with Crippen molar-refractivity contribution in [1.82, 2.24) is 15.1 Å². The number of rotatable bonds is 13. The molecule has 1 aliphatic rings. The van der Waals surface area contributed by atoms with E-state index in [0.717, 1.165) is 39.3 Å². The van der Waals surface area contributed by atoms with E-state index in [1.165, 1.54) is 0 Å². The Bertz CT molecular complexity index is 321. The van der Waals surface area contributed by atoms with E-state index in [1.807, 2.05) is 13.8 Å². The molecule has 0 unspecified atom stereocenters. The van der Waals surface area contributed by atoms with Crippen LogP contribution in [0.3, 0.4) is 0 Å². The molecule has 1 amide bonds. The molecule has 142 valence electrons. The van der Waals surface area contributed by atoms with Crippen LogP contribution in [0.2, 0.25) is 0 Å². The number of likely N-dealkylation sites (N-methyl/N-ethyl adjacent to an activating group) is 1. The van der Waals surface area contributed by atoms with Gasteiger partial charge in [-0.3, -0.25) is 9.69 Å². The Kier molecular flexibility index (Phi) is 12.0. The third-order valence-electron chi connectivity index (χ3n) is 3.96. The highest BCUT2D eigenvalue weighted by atomic mass is 16.5. The Morgan fingerprint density at radius 2 is 1.46 bits per heavy atom. The van der Waals surface area contributed by atoms with Gasteiger partial charge in [-0.1, -0.05) is 13.8 Å². The van der Waals surface area contributed by atoms with Crippen LogP contribution in [0.25, 0.3) is 0 Å². The van der Waals surface area contributed by atoms with Crippen molar-refractivity contribution in [2.75, 3.05) is 86.0 Å². The van der Waals surface area contributed by atoms with Gasteiger partial charge in [0.15, 0.2) is 0 Å². The summed E-state index contributed by atoms with van der Waals surface area (Å²) in [5.74, 6) is 0.0770. The van der Waals surface area contributed by atoms with Crippen molar-refractivity contribution in [2.24, 2.45) is 5.92 Å². The number of ether oxygens (including phenoxy) is 3. The van der Waals surface area contributed by atoms with Gasteiger partial charge in [0.25, 0.3) is 0 Å². The normalized spacial score (nSPS) is 16.7. The molecule has 0 spiro atoms. The number of hydrogen-bond donors (Lipinski definition) is 1. The lowest BCUT2D eigenvalue weighted by Crippen LogP contribution is -2.45. The summed E-state index contributed by atoms with van der Waals surface area (Å²) in [4.78, 5) is 16.1. The second-order valence-corrected chi connectivity index (χ2v) is 6.43. The van der Waals surface area contributed by atoms with Crippen LogP contribution in [0.15, 0.2) is 0 Å². The fraction of sp³-hybridized carbons (Fsp3) is 0.941. The SMILES string of the molecule is CC(C)C(=O)NCCOCCOCCOCCN1CCN(C)CC1. The Hall–Kier alpha value is -0.730. The Balaban J connectivity index is 1.75. The van der Waals surface area contributed by atoms with Crippen LogP contribution in [-0.2, 0) is 19.0 Å². The molecule has 0 bridgehead atoms. The second-order valence-electron chi connectivity index (χ2n) is 6.43. The minimum atomic E-state index is 0.0181. The maximum atomic E-state index is 11.3. The van der Waals surface area contributed by atoms with Gasteiger partial charge in [-0.25, -0.2) is 0 Å². The summed E-state index contributed by atoms with van der Waals surface area (Å²) in [7, 11) is 2.16. The zero-order valence-electron chi connectivity index (χ0n) is 15.6. The summed E-state index contributed by atoms with van der Waals surface area (Å²) in [6, 6.07) is 0. The van der Waals surface area contributed by atoms with Crippen LogP contribution >= 0.6 is 0 Å². The molecule has 1 aliphatic heterocycles. The molecule has 7 nitrogen and oxygen atoms in total. The van der Waals surface area contributed by atoms with Gasteiger partial charge in [0, 0.05) is 45.2 Å². The molecular weight excluding hydrogens is 310 g/mol. The molecule has 1 heterocycles. The quantitative estimate of drug-likeness (QED) is 0.476. The number of carbonyl (C=O) groups is 1. The van der Waals surface area contributed by atoms with Gasteiger partial charge in [0.2, 0.25) is 5.91 Å². The number of amides is 1. The Morgan fingerprint density at radius 3 is 2.04 bits per heavy atom. The molecule has 0 aromatic heterocycles. The molecule has 0 aliphatic carbocycles. The average molecular weight is 345 g/mol. The first-order chi connectivity index (χ1) is 11.6. The van der Waals surface area contributed by atoms with Gasteiger partial charge in [0.1, 0.15) is 0 Å². The highest BCUT2D eigenvalue weighted by molar-refractivity contribution is 5.77. The van der Waals surface area contributed by atoms with Crippen LogP contribution in [0, 0.1) is 5.92 Å². The lowest BCUT2D eigenvalue weighted by molar-refractivity contribution is -0.124. The molecule has 0 radical (unpaired) electrons. The van der Waals surface area contributed by atoms with Crippen molar-refractivity contribution in [2.45, 2.75) is 13.8 Å². The van der Waals surface area contributed by atoms with Gasteiger partial charge in [-0.05, 0) is 7.05 Å². The van der Waals surface area contributed by atoms with Crippen molar-refractivity contribution in [3.05, 3.63) is 0 Å². The number of carbonyl (C=O) groups excluding carboxylic acids is 1. The van der Waals surface area contributed by atoms with Crippen LogP contribution in [0.4, 0.5) is 0 Å². The summed E-state index contributed by atoms with van der Waals surface area (Å²) in [5.41, 5.74) is 0. The third kappa shape index (κ3) is 10.9. The molecule has 0 atom stereocenters. The van der Waals surface area contributed by atoms with Crippen molar-refractivity contribution >= 4 is 5.91 Å². The van der Waals surface area contributed by atoms with E-state index < -0.39 is 0 Å². The Morgan fingerprint density at radius 1 is 0.917 bits per heavy atom. The highest BCUT2D eigenvalue weighted by Gasteiger charge is 2.12. The van der Waals surface area contributed by atoms with E-state index >= 15 is 0 Å². The van der Waals surface area contributed by atoms with Gasteiger partial charge in [-0.2, -0.15) is 0 Å².